The monoisotopic (exact) mass is 358 g/mol. The van der Waals surface area contributed by atoms with E-state index in [1.54, 1.807) is 6.08 Å². The van der Waals surface area contributed by atoms with Crippen LogP contribution in [0.2, 0.25) is 0 Å². The first-order valence-electron chi connectivity index (χ1n) is 9.50. The summed E-state index contributed by atoms with van der Waals surface area (Å²) >= 11 is 0. The maximum atomic E-state index is 11.1. The molecule has 0 aromatic carbocycles. The number of rotatable bonds is 16. The second kappa shape index (κ2) is 19.1. The van der Waals surface area contributed by atoms with E-state index < -0.39 is 0 Å². The summed E-state index contributed by atoms with van der Waals surface area (Å²) in [4.78, 5) is 20.8. The second-order valence-corrected chi connectivity index (χ2v) is 5.90. The van der Waals surface area contributed by atoms with Crippen LogP contribution in [0, 0.1) is 10.1 Å². The topological polar surface area (TPSA) is 60.2 Å². The van der Waals surface area contributed by atoms with E-state index >= 15 is 0 Å². The van der Waals surface area contributed by atoms with Crippen molar-refractivity contribution in [3.8, 4) is 0 Å². The van der Waals surface area contributed by atoms with Gasteiger partial charge in [-0.25, -0.2) is 0 Å². The van der Waals surface area contributed by atoms with Crippen molar-refractivity contribution < 1.29 is 9.72 Å². The standard InChI is InChI=1S/C22H32NO3/c1-2-3-4-5-6-7-8-10-13-16-19-22(23(25)26)20-17-14-11-9-12-15-18-21-24/h3-4,6-7,10,13-14,17,19H,2,5,8-9,11-12,15-16,18,20H2,1H3/b4-3+,7-6+,13-10+,17-14+,22-19-. The molecule has 0 aliphatic carbocycles. The maximum absolute atomic E-state index is 11.1. The minimum atomic E-state index is -0.307. The maximum Gasteiger partial charge on any atom is 0.246 e. The highest BCUT2D eigenvalue weighted by Crippen LogP contribution is 2.08. The molecule has 0 bridgehead atoms. The van der Waals surface area contributed by atoms with Crippen molar-refractivity contribution >= 4 is 6.29 Å². The molecule has 4 heteroatoms. The number of nitrogens with zero attached hydrogens (tertiary/aromatic N) is 1. The number of allylic oxidation sites excluding steroid dienone is 9. The van der Waals surface area contributed by atoms with Crippen LogP contribution >= 0.6 is 0 Å². The molecule has 26 heavy (non-hydrogen) atoms. The summed E-state index contributed by atoms with van der Waals surface area (Å²) in [7, 11) is 0. The Kier molecular flexibility index (Phi) is 17.5. The van der Waals surface area contributed by atoms with Crippen molar-refractivity contribution in [2.75, 3.05) is 0 Å². The largest absolute Gasteiger partial charge is 0.291 e. The second-order valence-electron chi connectivity index (χ2n) is 5.90. The van der Waals surface area contributed by atoms with Crippen molar-refractivity contribution in [2.24, 2.45) is 0 Å². The lowest BCUT2D eigenvalue weighted by atomic mass is 10.1. The van der Waals surface area contributed by atoms with E-state index in [1.807, 2.05) is 30.6 Å². The van der Waals surface area contributed by atoms with E-state index in [9.17, 15) is 14.9 Å². The molecule has 0 atom stereocenters. The summed E-state index contributed by atoms with van der Waals surface area (Å²) in [5.41, 5.74) is 0.238. The summed E-state index contributed by atoms with van der Waals surface area (Å²) in [6.45, 7) is 2.11. The Morgan fingerprint density at radius 2 is 1.54 bits per heavy atom. The molecular formula is C22H32NO3. The first-order valence-corrected chi connectivity index (χ1v) is 9.50. The van der Waals surface area contributed by atoms with E-state index in [0.717, 1.165) is 44.9 Å². The Hall–Kier alpha value is -2.23. The summed E-state index contributed by atoms with van der Waals surface area (Å²) in [6, 6.07) is 0. The minimum absolute atomic E-state index is 0.238. The molecule has 0 heterocycles. The van der Waals surface area contributed by atoms with Gasteiger partial charge in [0.05, 0.1) is 11.3 Å². The molecule has 1 radical (unpaired) electrons. The Balaban J connectivity index is 4.01. The number of hydrogen-bond donors (Lipinski definition) is 0. The molecule has 0 aliphatic rings. The minimum Gasteiger partial charge on any atom is -0.291 e. The predicted molar refractivity (Wildman–Crippen MR) is 109 cm³/mol. The zero-order chi connectivity index (χ0) is 19.3. The zero-order valence-corrected chi connectivity index (χ0v) is 15.9. The summed E-state index contributed by atoms with van der Waals surface area (Å²) < 4.78 is 0. The lowest BCUT2D eigenvalue weighted by Gasteiger charge is -1.95. The van der Waals surface area contributed by atoms with E-state index in [4.69, 9.17) is 0 Å². The Bertz CT molecular complexity index is 513. The van der Waals surface area contributed by atoms with Gasteiger partial charge in [0.25, 0.3) is 0 Å². The Morgan fingerprint density at radius 1 is 0.885 bits per heavy atom. The normalized spacial score (nSPS) is 12.9. The average Bonchev–Trinajstić information content (AvgIpc) is 2.63. The Morgan fingerprint density at radius 3 is 2.15 bits per heavy atom. The molecule has 4 nitrogen and oxygen atoms in total. The molecule has 0 saturated heterocycles. The molecule has 143 valence electrons. The molecule has 0 saturated carbocycles. The molecule has 0 N–H and O–H groups in total. The average molecular weight is 359 g/mol. The lowest BCUT2D eigenvalue weighted by molar-refractivity contribution is -0.427. The third-order valence-electron chi connectivity index (χ3n) is 3.65. The van der Waals surface area contributed by atoms with Gasteiger partial charge in [-0.05, 0) is 51.0 Å². The fourth-order valence-electron chi connectivity index (χ4n) is 2.20. The molecule has 0 aliphatic heterocycles. The lowest BCUT2D eigenvalue weighted by Crippen LogP contribution is -1.97. The summed E-state index contributed by atoms with van der Waals surface area (Å²) in [6.07, 6.45) is 27.9. The van der Waals surface area contributed by atoms with Crippen LogP contribution in [0.5, 0.6) is 0 Å². The number of nitro groups is 1. The van der Waals surface area contributed by atoms with Crippen LogP contribution in [0.15, 0.2) is 60.4 Å². The quantitative estimate of drug-likeness (QED) is 0.139. The fraction of sp³-hybridized carbons (Fsp3) is 0.500. The van der Waals surface area contributed by atoms with Crippen LogP contribution in [0.1, 0.15) is 71.1 Å². The summed E-state index contributed by atoms with van der Waals surface area (Å²) in [5.74, 6) is 0. The summed E-state index contributed by atoms with van der Waals surface area (Å²) in [5, 5.41) is 11.1. The molecule has 0 unspecified atom stereocenters. The van der Waals surface area contributed by atoms with Gasteiger partial charge in [-0.3, -0.25) is 14.9 Å². The zero-order valence-electron chi connectivity index (χ0n) is 15.9. The predicted octanol–water partition coefficient (Wildman–Crippen LogP) is 6.40. The van der Waals surface area contributed by atoms with Gasteiger partial charge >= 0.3 is 0 Å². The molecule has 0 spiro atoms. The molecule has 0 aromatic rings. The van der Waals surface area contributed by atoms with Gasteiger partial charge in [0, 0.05) is 6.42 Å². The number of hydrogen-bond acceptors (Lipinski definition) is 3. The van der Waals surface area contributed by atoms with E-state index in [-0.39, 0.29) is 10.6 Å². The van der Waals surface area contributed by atoms with Crippen molar-refractivity contribution in [1.82, 2.24) is 0 Å². The molecule has 0 fully saturated rings. The van der Waals surface area contributed by atoms with Crippen LogP contribution in [0.25, 0.3) is 0 Å². The Labute approximate surface area is 158 Å². The van der Waals surface area contributed by atoms with Gasteiger partial charge in [-0.15, -0.1) is 0 Å². The van der Waals surface area contributed by atoms with Crippen LogP contribution in [0.3, 0.4) is 0 Å². The van der Waals surface area contributed by atoms with Crippen LogP contribution < -0.4 is 0 Å². The smallest absolute Gasteiger partial charge is 0.246 e. The molecule has 0 aromatic heterocycles. The highest BCUT2D eigenvalue weighted by atomic mass is 16.6. The van der Waals surface area contributed by atoms with E-state index in [2.05, 4.69) is 31.2 Å². The first kappa shape index (κ1) is 23.8. The van der Waals surface area contributed by atoms with Crippen LogP contribution in [0.4, 0.5) is 0 Å². The molecule has 0 amide bonds. The van der Waals surface area contributed by atoms with Crippen molar-refractivity contribution in [3.63, 3.8) is 0 Å². The van der Waals surface area contributed by atoms with Gasteiger partial charge < -0.3 is 0 Å². The van der Waals surface area contributed by atoms with Gasteiger partial charge in [0.2, 0.25) is 5.70 Å². The van der Waals surface area contributed by atoms with Gasteiger partial charge in [0.15, 0.2) is 6.29 Å². The van der Waals surface area contributed by atoms with Gasteiger partial charge in [-0.1, -0.05) is 62.0 Å². The van der Waals surface area contributed by atoms with Crippen molar-refractivity contribution in [2.45, 2.75) is 71.1 Å². The van der Waals surface area contributed by atoms with Gasteiger partial charge in [-0.2, -0.15) is 0 Å². The highest BCUT2D eigenvalue weighted by Gasteiger charge is 2.06. The third kappa shape index (κ3) is 16.6. The van der Waals surface area contributed by atoms with Crippen LogP contribution in [-0.4, -0.2) is 11.2 Å². The van der Waals surface area contributed by atoms with Crippen LogP contribution in [-0.2, 0) is 4.79 Å². The van der Waals surface area contributed by atoms with E-state index in [0.29, 0.717) is 19.3 Å². The van der Waals surface area contributed by atoms with E-state index in [1.165, 1.54) is 0 Å². The van der Waals surface area contributed by atoms with Crippen molar-refractivity contribution in [3.05, 3.63) is 70.5 Å². The third-order valence-corrected chi connectivity index (χ3v) is 3.65. The molecule has 0 rings (SSSR count). The van der Waals surface area contributed by atoms with Gasteiger partial charge in [0.1, 0.15) is 0 Å². The number of carbonyl (C=O) groups excluding carboxylic acids is 1. The van der Waals surface area contributed by atoms with Crippen molar-refractivity contribution in [1.29, 1.82) is 0 Å². The molecular weight excluding hydrogens is 326 g/mol. The number of unbranched alkanes of at least 4 members (excludes halogenated alkanes) is 4. The first-order chi connectivity index (χ1) is 12.7. The fourth-order valence-corrected chi connectivity index (χ4v) is 2.20. The highest BCUT2D eigenvalue weighted by molar-refractivity contribution is 5.50. The SMILES string of the molecule is CC/C=C/C/C=C/C/C=C/C/C=C(/C/C=C/CCCCC[C]=O)[N+](=O)[O-].